The maximum atomic E-state index is 3.56. The number of hydrogen-bond donors (Lipinski definition) is 1. The van der Waals surface area contributed by atoms with Gasteiger partial charge in [0.25, 0.3) is 0 Å². The lowest BCUT2D eigenvalue weighted by molar-refractivity contribution is 0.338. The van der Waals surface area contributed by atoms with E-state index < -0.39 is 0 Å². The van der Waals surface area contributed by atoms with Crippen LogP contribution in [-0.4, -0.2) is 6.04 Å². The molecule has 1 fully saturated rings. The van der Waals surface area contributed by atoms with E-state index in [1.807, 2.05) is 11.3 Å². The molecule has 1 N–H and O–H groups in total. The van der Waals surface area contributed by atoms with Crippen molar-refractivity contribution in [1.82, 2.24) is 5.32 Å². The summed E-state index contributed by atoms with van der Waals surface area (Å²) in [4.78, 5) is 1.42. The van der Waals surface area contributed by atoms with E-state index in [2.05, 4.69) is 23.7 Å². The van der Waals surface area contributed by atoms with Crippen molar-refractivity contribution in [2.75, 3.05) is 0 Å². The minimum atomic E-state index is 0.810. The Kier molecular flexibility index (Phi) is 2.47. The molecule has 0 bridgehead atoms. The summed E-state index contributed by atoms with van der Waals surface area (Å²) in [5.74, 6) is 0. The first-order valence-corrected chi connectivity index (χ1v) is 5.50. The van der Waals surface area contributed by atoms with Crippen LogP contribution in [0.2, 0.25) is 0 Å². The molecule has 12 heavy (non-hydrogen) atoms. The second-order valence-electron chi connectivity index (χ2n) is 3.57. The topological polar surface area (TPSA) is 12.0 Å². The van der Waals surface area contributed by atoms with Gasteiger partial charge in [0.05, 0.1) is 0 Å². The van der Waals surface area contributed by atoms with Gasteiger partial charge in [0.2, 0.25) is 0 Å². The molecule has 1 aromatic rings. The highest BCUT2D eigenvalue weighted by atomic mass is 32.1. The number of thiophene rings is 1. The van der Waals surface area contributed by atoms with E-state index in [1.54, 1.807) is 0 Å². The predicted molar refractivity (Wildman–Crippen MR) is 53.5 cm³/mol. The molecule has 1 aromatic heterocycles. The van der Waals surface area contributed by atoms with Gasteiger partial charge >= 0.3 is 0 Å². The second kappa shape index (κ2) is 3.58. The highest BCUT2D eigenvalue weighted by Crippen LogP contribution is 2.19. The Morgan fingerprint density at radius 2 is 2.42 bits per heavy atom. The first kappa shape index (κ1) is 8.27. The van der Waals surface area contributed by atoms with Crippen LogP contribution in [0.5, 0.6) is 0 Å². The maximum Gasteiger partial charge on any atom is 0.0216 e. The lowest BCUT2D eigenvalue weighted by Gasteiger charge is -2.26. The standard InChI is InChI=1S/C10H15NS/c1-8-5-9(7-12-8)6-11-10-3-2-4-10/h5,7,10-11H,2-4,6H2,1H3. The van der Waals surface area contributed by atoms with Gasteiger partial charge in [-0.05, 0) is 36.8 Å². The number of nitrogens with one attached hydrogen (secondary N) is 1. The average Bonchev–Trinajstić information content (AvgIpc) is 2.32. The molecule has 1 saturated carbocycles. The summed E-state index contributed by atoms with van der Waals surface area (Å²) in [7, 11) is 0. The minimum absolute atomic E-state index is 0.810. The van der Waals surface area contributed by atoms with Crippen LogP contribution in [0, 0.1) is 6.92 Å². The van der Waals surface area contributed by atoms with E-state index in [9.17, 15) is 0 Å². The molecular formula is C10H15NS. The smallest absolute Gasteiger partial charge is 0.0216 e. The quantitative estimate of drug-likeness (QED) is 0.756. The Morgan fingerprint density at radius 3 is 2.92 bits per heavy atom. The molecule has 0 saturated heterocycles. The normalized spacial score (nSPS) is 17.8. The first-order chi connectivity index (χ1) is 5.84. The Labute approximate surface area is 77.8 Å². The van der Waals surface area contributed by atoms with Gasteiger partial charge in [0.1, 0.15) is 0 Å². The zero-order chi connectivity index (χ0) is 8.39. The fourth-order valence-corrected chi connectivity index (χ4v) is 2.17. The average molecular weight is 181 g/mol. The summed E-state index contributed by atoms with van der Waals surface area (Å²) in [5.41, 5.74) is 1.45. The van der Waals surface area contributed by atoms with Gasteiger partial charge in [0, 0.05) is 17.5 Å². The van der Waals surface area contributed by atoms with Crippen LogP contribution in [0.3, 0.4) is 0 Å². The van der Waals surface area contributed by atoms with Crippen molar-refractivity contribution >= 4 is 11.3 Å². The van der Waals surface area contributed by atoms with Crippen molar-refractivity contribution in [2.24, 2.45) is 0 Å². The summed E-state index contributed by atoms with van der Waals surface area (Å²) in [6, 6.07) is 3.08. The Hall–Kier alpha value is -0.340. The predicted octanol–water partition coefficient (Wildman–Crippen LogP) is 2.70. The van der Waals surface area contributed by atoms with E-state index in [4.69, 9.17) is 0 Å². The van der Waals surface area contributed by atoms with Crippen LogP contribution in [0.1, 0.15) is 29.7 Å². The van der Waals surface area contributed by atoms with Crippen LogP contribution in [0.25, 0.3) is 0 Å². The van der Waals surface area contributed by atoms with Gasteiger partial charge in [-0.2, -0.15) is 0 Å². The molecule has 0 aromatic carbocycles. The van der Waals surface area contributed by atoms with Gasteiger partial charge in [-0.3, -0.25) is 0 Å². The van der Waals surface area contributed by atoms with E-state index in [0.717, 1.165) is 12.6 Å². The van der Waals surface area contributed by atoms with Crippen LogP contribution in [0.15, 0.2) is 11.4 Å². The van der Waals surface area contributed by atoms with Crippen LogP contribution in [-0.2, 0) is 6.54 Å². The lowest BCUT2D eigenvalue weighted by atomic mass is 9.93. The lowest BCUT2D eigenvalue weighted by Crippen LogP contribution is -2.34. The van der Waals surface area contributed by atoms with E-state index in [0.29, 0.717) is 0 Å². The SMILES string of the molecule is Cc1cc(CNC2CCC2)cs1. The van der Waals surface area contributed by atoms with Gasteiger partial charge < -0.3 is 5.32 Å². The molecule has 0 aliphatic heterocycles. The highest BCUT2D eigenvalue weighted by molar-refractivity contribution is 7.10. The molecule has 0 atom stereocenters. The largest absolute Gasteiger partial charge is 0.310 e. The molecule has 1 nitrogen and oxygen atoms in total. The third kappa shape index (κ3) is 1.87. The van der Waals surface area contributed by atoms with Crippen LogP contribution < -0.4 is 5.32 Å². The van der Waals surface area contributed by atoms with Gasteiger partial charge in [0.15, 0.2) is 0 Å². The summed E-state index contributed by atoms with van der Waals surface area (Å²) in [6.07, 6.45) is 4.17. The summed E-state index contributed by atoms with van der Waals surface area (Å²) < 4.78 is 0. The van der Waals surface area contributed by atoms with Crippen molar-refractivity contribution < 1.29 is 0 Å². The Balaban J connectivity index is 1.79. The van der Waals surface area contributed by atoms with Crippen molar-refractivity contribution in [1.29, 1.82) is 0 Å². The molecule has 66 valence electrons. The fourth-order valence-electron chi connectivity index (χ4n) is 1.47. The molecule has 0 spiro atoms. The zero-order valence-corrected chi connectivity index (χ0v) is 8.29. The van der Waals surface area contributed by atoms with E-state index in [1.165, 1.54) is 29.7 Å². The summed E-state index contributed by atoms with van der Waals surface area (Å²) >= 11 is 1.84. The number of rotatable bonds is 3. The van der Waals surface area contributed by atoms with Gasteiger partial charge in [-0.25, -0.2) is 0 Å². The third-order valence-electron chi connectivity index (χ3n) is 2.48. The summed E-state index contributed by atoms with van der Waals surface area (Å²) in [6.45, 7) is 3.23. The maximum absolute atomic E-state index is 3.56. The molecule has 1 aliphatic carbocycles. The third-order valence-corrected chi connectivity index (χ3v) is 3.40. The number of hydrogen-bond acceptors (Lipinski definition) is 2. The molecule has 1 heterocycles. The van der Waals surface area contributed by atoms with Gasteiger partial charge in [-0.1, -0.05) is 6.42 Å². The first-order valence-electron chi connectivity index (χ1n) is 4.62. The molecular weight excluding hydrogens is 166 g/mol. The van der Waals surface area contributed by atoms with Crippen LogP contribution in [0.4, 0.5) is 0 Å². The monoisotopic (exact) mass is 181 g/mol. The Morgan fingerprint density at radius 1 is 1.58 bits per heavy atom. The zero-order valence-electron chi connectivity index (χ0n) is 7.47. The molecule has 2 rings (SSSR count). The van der Waals surface area contributed by atoms with E-state index >= 15 is 0 Å². The number of aryl methyl sites for hydroxylation is 1. The Bertz CT molecular complexity index is 250. The van der Waals surface area contributed by atoms with E-state index in [-0.39, 0.29) is 0 Å². The van der Waals surface area contributed by atoms with Crippen LogP contribution >= 0.6 is 11.3 Å². The molecule has 2 heteroatoms. The second-order valence-corrected chi connectivity index (χ2v) is 4.69. The highest BCUT2D eigenvalue weighted by Gasteiger charge is 2.15. The summed E-state index contributed by atoms with van der Waals surface area (Å²) in [5, 5.41) is 5.81. The molecule has 0 radical (unpaired) electrons. The van der Waals surface area contributed by atoms with Crippen molar-refractivity contribution in [3.63, 3.8) is 0 Å². The molecule has 0 amide bonds. The van der Waals surface area contributed by atoms with Crippen molar-refractivity contribution in [2.45, 2.75) is 38.8 Å². The molecule has 0 unspecified atom stereocenters. The minimum Gasteiger partial charge on any atom is -0.310 e. The van der Waals surface area contributed by atoms with Crippen molar-refractivity contribution in [3.05, 3.63) is 21.9 Å². The van der Waals surface area contributed by atoms with Crippen molar-refractivity contribution in [3.8, 4) is 0 Å². The van der Waals surface area contributed by atoms with Gasteiger partial charge in [-0.15, -0.1) is 11.3 Å². The molecule has 1 aliphatic rings. The fraction of sp³-hybridized carbons (Fsp3) is 0.600.